The minimum absolute atomic E-state index is 0. The summed E-state index contributed by atoms with van der Waals surface area (Å²) in [7, 11) is 0. The molecule has 1 aliphatic carbocycles. The molecular weight excluding hydrogens is 556 g/mol. The Balaban J connectivity index is 0.00000329. The summed E-state index contributed by atoms with van der Waals surface area (Å²) in [4.78, 5) is 14.6. The highest BCUT2D eigenvalue weighted by Gasteiger charge is 2.30. The fourth-order valence-corrected chi connectivity index (χ4v) is 7.84. The smallest absolute Gasteiger partial charge is 0.335 e. The summed E-state index contributed by atoms with van der Waals surface area (Å²) < 4.78 is 9.01. The predicted molar refractivity (Wildman–Crippen MR) is 177 cm³/mol. The molecule has 4 aromatic rings. The zero-order valence-electron chi connectivity index (χ0n) is 25.0. The zero-order valence-corrected chi connectivity index (χ0v) is 25.8. The van der Waals surface area contributed by atoms with Crippen molar-refractivity contribution in [3.05, 3.63) is 77.4 Å². The molecule has 2 aliphatic heterocycles. The first-order valence-corrected chi connectivity index (χ1v) is 16.2. The number of hydrogen-bond acceptors (Lipinski definition) is 3. The minimum Gasteiger partial charge on any atom is -0.490 e. The fraction of sp³-hybridized carbons (Fsp3) is 0.432. The van der Waals surface area contributed by atoms with Crippen molar-refractivity contribution in [1.82, 2.24) is 9.47 Å². The van der Waals surface area contributed by atoms with Crippen molar-refractivity contribution in [3.8, 4) is 28.1 Å². The molecule has 3 aliphatic rings. The molecule has 3 heterocycles. The minimum atomic E-state index is -0.879. The van der Waals surface area contributed by atoms with Gasteiger partial charge in [0, 0.05) is 22.0 Å². The Labute approximate surface area is 261 Å². The van der Waals surface area contributed by atoms with Gasteiger partial charge < -0.3 is 19.3 Å². The van der Waals surface area contributed by atoms with Crippen molar-refractivity contribution in [1.29, 1.82) is 0 Å². The standard InChI is InChI=1S/C37H42N2O3.ClH/c40-37(41)28-18-19-31-33(25-28)39-23-24-42-36-30(16-9-17-32(36)35(39)34(31)27-12-3-1-4-13-27)29-15-6-5-11-26(29)14-10-22-38-20-7-2-8-21-38;/h5-6,9,11,15-19,25,27H,1-4,7-8,10,12-14,20-24H2,(H,40,41);1H. The van der Waals surface area contributed by atoms with Crippen molar-refractivity contribution >= 4 is 29.3 Å². The van der Waals surface area contributed by atoms with Crippen molar-refractivity contribution in [2.75, 3.05) is 26.2 Å². The molecular formula is C37H43ClN2O3. The van der Waals surface area contributed by atoms with Gasteiger partial charge in [-0.15, -0.1) is 12.4 Å². The second kappa shape index (κ2) is 13.2. The summed E-state index contributed by atoms with van der Waals surface area (Å²) >= 11 is 0. The molecule has 7 rings (SSSR count). The molecule has 1 aromatic heterocycles. The molecule has 1 saturated carbocycles. The predicted octanol–water partition coefficient (Wildman–Crippen LogP) is 8.95. The molecule has 1 N–H and O–H groups in total. The molecule has 5 nitrogen and oxygen atoms in total. The van der Waals surface area contributed by atoms with Crippen LogP contribution in [0.15, 0.2) is 60.7 Å². The summed E-state index contributed by atoms with van der Waals surface area (Å²) in [5.41, 5.74) is 8.94. The molecule has 0 bridgehead atoms. The molecule has 6 heteroatoms. The topological polar surface area (TPSA) is 54.7 Å². The van der Waals surface area contributed by atoms with E-state index in [-0.39, 0.29) is 12.4 Å². The average molecular weight is 599 g/mol. The maximum atomic E-state index is 11.9. The van der Waals surface area contributed by atoms with Gasteiger partial charge in [-0.3, -0.25) is 0 Å². The number of piperidine rings is 1. The Hall–Kier alpha value is -3.28. The average Bonchev–Trinajstić information content (AvgIpc) is 3.22. The number of ether oxygens (including phenoxy) is 1. The number of aromatic carboxylic acids is 1. The van der Waals surface area contributed by atoms with Crippen LogP contribution < -0.4 is 4.74 Å². The van der Waals surface area contributed by atoms with Crippen LogP contribution in [0.5, 0.6) is 5.75 Å². The van der Waals surface area contributed by atoms with Crippen LogP contribution in [0.3, 0.4) is 0 Å². The van der Waals surface area contributed by atoms with Gasteiger partial charge in [-0.25, -0.2) is 4.79 Å². The molecule has 226 valence electrons. The number of benzene rings is 3. The van der Waals surface area contributed by atoms with Crippen LogP contribution in [0, 0.1) is 0 Å². The van der Waals surface area contributed by atoms with Gasteiger partial charge in [-0.2, -0.15) is 0 Å². The van der Waals surface area contributed by atoms with E-state index in [1.807, 2.05) is 6.07 Å². The van der Waals surface area contributed by atoms with Crippen molar-refractivity contribution in [2.45, 2.75) is 76.7 Å². The van der Waals surface area contributed by atoms with E-state index in [4.69, 9.17) is 4.74 Å². The van der Waals surface area contributed by atoms with E-state index in [1.54, 1.807) is 6.07 Å². The summed E-state index contributed by atoms with van der Waals surface area (Å²) in [5.74, 6) is 0.569. The highest BCUT2D eigenvalue weighted by Crippen LogP contribution is 2.49. The van der Waals surface area contributed by atoms with E-state index >= 15 is 0 Å². The zero-order chi connectivity index (χ0) is 28.5. The van der Waals surface area contributed by atoms with Crippen LogP contribution in [0.4, 0.5) is 0 Å². The number of para-hydroxylation sites is 1. The van der Waals surface area contributed by atoms with Crippen LogP contribution in [0.1, 0.15) is 85.2 Å². The van der Waals surface area contributed by atoms with Gasteiger partial charge in [0.2, 0.25) is 0 Å². The second-order valence-electron chi connectivity index (χ2n) is 12.5. The lowest BCUT2D eigenvalue weighted by atomic mass is 9.81. The van der Waals surface area contributed by atoms with Crippen LogP contribution in [-0.4, -0.2) is 46.8 Å². The Morgan fingerprint density at radius 3 is 2.40 bits per heavy atom. The molecule has 2 fully saturated rings. The molecule has 0 atom stereocenters. The van der Waals surface area contributed by atoms with Crippen molar-refractivity contribution < 1.29 is 14.6 Å². The third kappa shape index (κ3) is 5.82. The highest BCUT2D eigenvalue weighted by atomic mass is 35.5. The van der Waals surface area contributed by atoms with E-state index in [0.717, 1.165) is 23.3 Å². The number of hydrogen-bond donors (Lipinski definition) is 1. The molecule has 3 aromatic carbocycles. The number of aryl methyl sites for hydroxylation is 1. The molecule has 1 saturated heterocycles. The molecule has 0 amide bonds. The van der Waals surface area contributed by atoms with Gasteiger partial charge in [0.25, 0.3) is 0 Å². The lowest BCUT2D eigenvalue weighted by Crippen LogP contribution is -2.30. The number of halogens is 1. The second-order valence-corrected chi connectivity index (χ2v) is 12.5. The van der Waals surface area contributed by atoms with Crippen LogP contribution in [-0.2, 0) is 13.0 Å². The number of fused-ring (bicyclic) bond motifs is 5. The van der Waals surface area contributed by atoms with Crippen LogP contribution >= 0.6 is 12.4 Å². The lowest BCUT2D eigenvalue weighted by molar-refractivity contribution is 0.0697. The van der Waals surface area contributed by atoms with Crippen molar-refractivity contribution in [2.24, 2.45) is 0 Å². The van der Waals surface area contributed by atoms with E-state index < -0.39 is 5.97 Å². The van der Waals surface area contributed by atoms with Crippen LogP contribution in [0.2, 0.25) is 0 Å². The van der Waals surface area contributed by atoms with E-state index in [2.05, 4.69) is 58.0 Å². The quantitative estimate of drug-likeness (QED) is 0.231. The SMILES string of the molecule is Cl.O=C(O)c1ccc2c(C3CCCCC3)c3n(c2c1)CCOc1c(-c2ccccc2CCCN2CCCCC2)cccc1-3. The normalized spacial score (nSPS) is 17.4. The van der Waals surface area contributed by atoms with Gasteiger partial charge in [0.1, 0.15) is 12.4 Å². The van der Waals surface area contributed by atoms with Gasteiger partial charge in [0.15, 0.2) is 0 Å². The van der Waals surface area contributed by atoms with Crippen molar-refractivity contribution in [3.63, 3.8) is 0 Å². The lowest BCUT2D eigenvalue weighted by Gasteiger charge is -2.26. The molecule has 43 heavy (non-hydrogen) atoms. The summed E-state index contributed by atoms with van der Waals surface area (Å²) in [6, 6.07) is 21.2. The number of likely N-dealkylation sites (tertiary alicyclic amines) is 1. The number of aromatic nitrogens is 1. The Morgan fingerprint density at radius 1 is 0.837 bits per heavy atom. The number of carbonyl (C=O) groups is 1. The molecule has 0 spiro atoms. The maximum absolute atomic E-state index is 11.9. The Morgan fingerprint density at radius 2 is 1.58 bits per heavy atom. The summed E-state index contributed by atoms with van der Waals surface area (Å²) in [6.07, 6.45) is 12.4. The van der Waals surface area contributed by atoms with E-state index in [1.165, 1.54) is 111 Å². The largest absolute Gasteiger partial charge is 0.490 e. The highest BCUT2D eigenvalue weighted by molar-refractivity contribution is 5.99. The van der Waals surface area contributed by atoms with E-state index in [9.17, 15) is 9.90 Å². The van der Waals surface area contributed by atoms with Gasteiger partial charge in [-0.05, 0) is 99.0 Å². The Bertz CT molecular complexity index is 1600. The third-order valence-corrected chi connectivity index (χ3v) is 9.87. The number of nitrogens with zero attached hydrogens (tertiary/aromatic N) is 2. The molecule has 0 radical (unpaired) electrons. The van der Waals surface area contributed by atoms with Gasteiger partial charge in [-0.1, -0.05) is 68.1 Å². The van der Waals surface area contributed by atoms with Crippen LogP contribution in [0.25, 0.3) is 33.3 Å². The third-order valence-electron chi connectivity index (χ3n) is 9.87. The number of carboxylic acids is 1. The summed E-state index contributed by atoms with van der Waals surface area (Å²) in [6.45, 7) is 4.91. The first-order chi connectivity index (χ1) is 20.7. The summed E-state index contributed by atoms with van der Waals surface area (Å²) in [5, 5.41) is 11.0. The number of carboxylic acid groups (broad SMARTS) is 1. The van der Waals surface area contributed by atoms with Gasteiger partial charge in [0.05, 0.1) is 17.8 Å². The first-order valence-electron chi connectivity index (χ1n) is 16.2. The van der Waals surface area contributed by atoms with Gasteiger partial charge >= 0.3 is 5.97 Å². The first kappa shape index (κ1) is 29.8. The maximum Gasteiger partial charge on any atom is 0.335 e. The monoisotopic (exact) mass is 598 g/mol. The number of rotatable bonds is 7. The fourth-order valence-electron chi connectivity index (χ4n) is 7.84. The Kier molecular flexibility index (Phi) is 9.11. The van der Waals surface area contributed by atoms with E-state index in [0.29, 0.717) is 24.6 Å². The molecule has 0 unspecified atom stereocenters.